The third-order valence-corrected chi connectivity index (χ3v) is 4.71. The molecule has 2 aromatic rings. The number of hydrogen-bond acceptors (Lipinski definition) is 8. The van der Waals surface area contributed by atoms with Crippen LogP contribution in [0.15, 0.2) is 36.7 Å². The van der Waals surface area contributed by atoms with E-state index in [1.807, 2.05) is 6.07 Å². The lowest BCUT2D eigenvalue weighted by Gasteiger charge is -2.34. The Morgan fingerprint density at radius 3 is 2.44 bits per heavy atom. The van der Waals surface area contributed by atoms with Crippen LogP contribution in [0.4, 0.5) is 10.5 Å². The number of benzene rings is 1. The first kappa shape index (κ1) is 25.4. The van der Waals surface area contributed by atoms with Gasteiger partial charge < -0.3 is 24.2 Å². The number of anilines is 1. The first-order valence-corrected chi connectivity index (χ1v) is 11.0. The van der Waals surface area contributed by atoms with Gasteiger partial charge in [0.1, 0.15) is 11.2 Å². The molecule has 1 aromatic heterocycles. The molecule has 1 aliphatic heterocycles. The van der Waals surface area contributed by atoms with Gasteiger partial charge in [0.25, 0.3) is 5.91 Å². The summed E-state index contributed by atoms with van der Waals surface area (Å²) in [7, 11) is 0. The summed E-state index contributed by atoms with van der Waals surface area (Å²) in [6, 6.07) is 7.08. The monoisotopic (exact) mass is 473 g/mol. The molecular formula is C24H31N3O7. The largest absolute Gasteiger partial charge is 0.458 e. The summed E-state index contributed by atoms with van der Waals surface area (Å²) in [5.41, 5.74) is 0.458. The van der Waals surface area contributed by atoms with Gasteiger partial charge in [-0.05, 0) is 59.2 Å². The highest BCUT2D eigenvalue weighted by molar-refractivity contribution is 6.00. The van der Waals surface area contributed by atoms with Crippen molar-refractivity contribution in [1.82, 2.24) is 9.78 Å². The lowest BCUT2D eigenvalue weighted by molar-refractivity contribution is -0.177. The predicted molar refractivity (Wildman–Crippen MR) is 123 cm³/mol. The van der Waals surface area contributed by atoms with E-state index < -0.39 is 41.4 Å². The minimum atomic E-state index is -1.75. The SMILES string of the molecule is CC(C)(C)OC(=O)[C@H](O)[C@H]1OCCN(c2cccc(-c3cnn(C(=O)OC(C)(C)C)c3)c2)C1=O. The molecule has 34 heavy (non-hydrogen) atoms. The number of hydrogen-bond donors (Lipinski definition) is 1. The molecule has 0 aliphatic carbocycles. The molecule has 1 saturated heterocycles. The fourth-order valence-corrected chi connectivity index (χ4v) is 3.31. The Labute approximate surface area is 198 Å². The van der Waals surface area contributed by atoms with Crippen LogP contribution in [-0.4, -0.2) is 69.4 Å². The van der Waals surface area contributed by atoms with Crippen molar-refractivity contribution in [3.05, 3.63) is 36.7 Å². The highest BCUT2D eigenvalue weighted by atomic mass is 16.6. The number of carbonyl (C=O) groups excluding carboxylic acids is 3. The second-order valence-electron chi connectivity index (χ2n) is 9.96. The van der Waals surface area contributed by atoms with E-state index in [0.717, 1.165) is 10.2 Å². The first-order chi connectivity index (χ1) is 15.7. The normalized spacial score (nSPS) is 17.9. The molecule has 0 unspecified atom stereocenters. The molecule has 0 radical (unpaired) electrons. The Kier molecular flexibility index (Phi) is 7.13. The number of nitrogens with zero attached hydrogens (tertiary/aromatic N) is 3. The van der Waals surface area contributed by atoms with Crippen molar-refractivity contribution in [2.75, 3.05) is 18.1 Å². The molecule has 0 saturated carbocycles. The van der Waals surface area contributed by atoms with Gasteiger partial charge in [-0.25, -0.2) is 9.59 Å². The van der Waals surface area contributed by atoms with E-state index in [9.17, 15) is 19.5 Å². The summed E-state index contributed by atoms with van der Waals surface area (Å²) in [5.74, 6) is -1.47. The number of morpholine rings is 1. The van der Waals surface area contributed by atoms with E-state index in [-0.39, 0.29) is 13.2 Å². The molecular weight excluding hydrogens is 442 g/mol. The molecule has 1 aliphatic rings. The Hall–Kier alpha value is -3.24. The zero-order valence-corrected chi connectivity index (χ0v) is 20.3. The Morgan fingerprint density at radius 1 is 1.12 bits per heavy atom. The minimum absolute atomic E-state index is 0.136. The molecule has 3 rings (SSSR count). The van der Waals surface area contributed by atoms with Gasteiger partial charge in [-0.3, -0.25) is 4.79 Å². The first-order valence-electron chi connectivity index (χ1n) is 11.0. The molecule has 2 heterocycles. The van der Waals surface area contributed by atoms with Gasteiger partial charge in [0.15, 0.2) is 12.2 Å². The molecule has 2 atom stereocenters. The van der Waals surface area contributed by atoms with Crippen LogP contribution in [-0.2, 0) is 23.8 Å². The number of amides is 1. The van der Waals surface area contributed by atoms with Crippen LogP contribution in [0.1, 0.15) is 41.5 Å². The molecule has 10 heteroatoms. The van der Waals surface area contributed by atoms with E-state index in [1.165, 1.54) is 11.1 Å². The van der Waals surface area contributed by atoms with Gasteiger partial charge in [-0.2, -0.15) is 9.78 Å². The number of esters is 1. The average Bonchev–Trinajstić information content (AvgIpc) is 3.22. The Morgan fingerprint density at radius 2 is 1.79 bits per heavy atom. The van der Waals surface area contributed by atoms with Crippen molar-refractivity contribution >= 4 is 23.7 Å². The Bertz CT molecular complexity index is 1070. The number of ether oxygens (including phenoxy) is 3. The van der Waals surface area contributed by atoms with E-state index >= 15 is 0 Å². The zero-order chi connectivity index (χ0) is 25.3. The topological polar surface area (TPSA) is 120 Å². The van der Waals surface area contributed by atoms with Crippen molar-refractivity contribution in [3.8, 4) is 11.1 Å². The average molecular weight is 474 g/mol. The molecule has 184 valence electrons. The van der Waals surface area contributed by atoms with Crippen LogP contribution in [0.2, 0.25) is 0 Å². The highest BCUT2D eigenvalue weighted by Crippen LogP contribution is 2.27. The van der Waals surface area contributed by atoms with Crippen LogP contribution >= 0.6 is 0 Å². The van der Waals surface area contributed by atoms with Crippen LogP contribution in [0, 0.1) is 0 Å². The van der Waals surface area contributed by atoms with Crippen LogP contribution < -0.4 is 4.90 Å². The lowest BCUT2D eigenvalue weighted by Crippen LogP contribution is -2.55. The summed E-state index contributed by atoms with van der Waals surface area (Å²) in [5, 5.41) is 14.5. The van der Waals surface area contributed by atoms with Gasteiger partial charge in [-0.1, -0.05) is 12.1 Å². The summed E-state index contributed by atoms with van der Waals surface area (Å²) < 4.78 is 17.0. The number of aliphatic hydroxyl groups is 1. The van der Waals surface area contributed by atoms with Gasteiger partial charge in [0, 0.05) is 24.0 Å². The molecule has 1 amide bonds. The lowest BCUT2D eigenvalue weighted by atomic mass is 10.1. The zero-order valence-electron chi connectivity index (χ0n) is 20.3. The summed E-state index contributed by atoms with van der Waals surface area (Å²) in [4.78, 5) is 39.0. The summed E-state index contributed by atoms with van der Waals surface area (Å²) in [6.45, 7) is 10.7. The van der Waals surface area contributed by atoms with Gasteiger partial charge in [0.05, 0.1) is 12.8 Å². The molecule has 10 nitrogen and oxygen atoms in total. The summed E-state index contributed by atoms with van der Waals surface area (Å²) in [6.07, 6.45) is -0.646. The number of aliphatic hydroxyl groups excluding tert-OH is 1. The third kappa shape index (κ3) is 6.21. The standard InChI is InChI=1S/C24H31N3O7/c1-23(2,3)33-21(30)18(28)19-20(29)26(10-11-32-19)17-9-7-8-15(12-17)16-13-25-27(14-16)22(31)34-24(4,5)6/h7-9,12-14,18-19,28H,10-11H2,1-6H3/t18-,19-/m1/s1. The van der Waals surface area contributed by atoms with Crippen LogP contribution in [0.5, 0.6) is 0 Å². The van der Waals surface area contributed by atoms with E-state index in [1.54, 1.807) is 65.9 Å². The molecule has 1 aromatic carbocycles. The maximum atomic E-state index is 13.1. The second-order valence-corrected chi connectivity index (χ2v) is 9.96. The molecule has 0 spiro atoms. The fourth-order valence-electron chi connectivity index (χ4n) is 3.31. The van der Waals surface area contributed by atoms with E-state index in [0.29, 0.717) is 11.3 Å². The smallest absolute Gasteiger partial charge is 0.435 e. The highest BCUT2D eigenvalue weighted by Gasteiger charge is 2.41. The maximum absolute atomic E-state index is 13.1. The van der Waals surface area contributed by atoms with Gasteiger partial charge in [0.2, 0.25) is 0 Å². The quantitative estimate of drug-likeness (QED) is 0.673. The van der Waals surface area contributed by atoms with Crippen LogP contribution in [0.3, 0.4) is 0 Å². The van der Waals surface area contributed by atoms with Crippen molar-refractivity contribution in [2.24, 2.45) is 0 Å². The summed E-state index contributed by atoms with van der Waals surface area (Å²) >= 11 is 0. The van der Waals surface area contributed by atoms with Gasteiger partial charge >= 0.3 is 12.1 Å². The molecule has 1 N–H and O–H groups in total. The predicted octanol–water partition coefficient (Wildman–Crippen LogP) is 2.77. The second kappa shape index (κ2) is 9.55. The third-order valence-electron chi connectivity index (χ3n) is 4.71. The van der Waals surface area contributed by atoms with Crippen molar-refractivity contribution in [3.63, 3.8) is 0 Å². The maximum Gasteiger partial charge on any atom is 0.435 e. The van der Waals surface area contributed by atoms with Crippen molar-refractivity contribution in [1.29, 1.82) is 0 Å². The van der Waals surface area contributed by atoms with E-state index in [4.69, 9.17) is 14.2 Å². The van der Waals surface area contributed by atoms with Gasteiger partial charge in [-0.15, -0.1) is 0 Å². The Balaban J connectivity index is 1.78. The number of carbonyl (C=O) groups is 3. The number of rotatable bonds is 4. The van der Waals surface area contributed by atoms with Crippen molar-refractivity contribution in [2.45, 2.75) is 65.0 Å². The minimum Gasteiger partial charge on any atom is -0.458 e. The fraction of sp³-hybridized carbons (Fsp3) is 0.500. The molecule has 1 fully saturated rings. The number of aromatic nitrogens is 2. The van der Waals surface area contributed by atoms with Crippen molar-refractivity contribution < 1.29 is 33.7 Å². The van der Waals surface area contributed by atoms with E-state index in [2.05, 4.69) is 5.10 Å². The van der Waals surface area contributed by atoms with Crippen LogP contribution in [0.25, 0.3) is 11.1 Å². The molecule has 0 bridgehead atoms.